The molecule has 0 aromatic carbocycles. The summed E-state index contributed by atoms with van der Waals surface area (Å²) in [5, 5.41) is 9.76. The van der Waals surface area contributed by atoms with E-state index >= 15 is 0 Å². The number of ether oxygens (including phenoxy) is 1. The maximum Gasteiger partial charge on any atom is 0.358 e. The molecule has 2 aromatic heterocycles. The third-order valence-electron chi connectivity index (χ3n) is 2.80. The number of fused-ring (bicyclic) bond motifs is 1. The highest BCUT2D eigenvalue weighted by atomic mass is 16.5. The van der Waals surface area contributed by atoms with Crippen molar-refractivity contribution in [2.24, 2.45) is 10.3 Å². The monoisotopic (exact) mass is 259 g/mol. The molecule has 0 radical (unpaired) electrons. The molecule has 0 saturated heterocycles. The number of esters is 1. The lowest BCUT2D eigenvalue weighted by Crippen LogP contribution is -2.13. The lowest BCUT2D eigenvalue weighted by molar-refractivity contribution is 0.0520. The van der Waals surface area contributed by atoms with Crippen molar-refractivity contribution >= 4 is 17.3 Å². The topological polar surface area (TPSA) is 71.6 Å². The molecule has 0 unspecified atom stereocenters. The second kappa shape index (κ2) is 4.68. The highest BCUT2D eigenvalue weighted by molar-refractivity contribution is 5.88. The molecule has 0 fully saturated rings. The zero-order chi connectivity index (χ0) is 13.2. The molecular weight excluding hydrogens is 246 g/mol. The van der Waals surface area contributed by atoms with E-state index in [9.17, 15) is 4.79 Å². The number of rotatable bonds is 3. The zero-order valence-electron chi connectivity index (χ0n) is 10.5. The van der Waals surface area contributed by atoms with Crippen LogP contribution in [0, 0.1) is 0 Å². The first kappa shape index (κ1) is 11.6. The summed E-state index contributed by atoms with van der Waals surface area (Å²) in [4.78, 5) is 15.8. The third kappa shape index (κ3) is 2.14. The van der Waals surface area contributed by atoms with Gasteiger partial charge in [-0.25, -0.2) is 14.8 Å². The summed E-state index contributed by atoms with van der Waals surface area (Å²) in [6.07, 6.45) is 3.53. The summed E-state index contributed by atoms with van der Waals surface area (Å²) in [5.41, 5.74) is 1.92. The number of pyridine rings is 1. The van der Waals surface area contributed by atoms with Crippen LogP contribution >= 0.6 is 0 Å². The Hall–Kier alpha value is -2.44. The normalized spacial score (nSPS) is 14.3. The molecule has 0 spiro atoms. The number of nitrogens with zero attached hydrogens (tertiary/aromatic N) is 5. The standard InChI is InChI=1S/C12H13N5O2/c1-2-19-12(18)10-8-16-7-9(3-4-11(16)14-10)17-6-5-13-15-17/h3-4,7-8H,2,5-6H2,1H3. The number of carbonyl (C=O) groups excluding carboxylic acids is 1. The predicted molar refractivity (Wildman–Crippen MR) is 68.2 cm³/mol. The van der Waals surface area contributed by atoms with Gasteiger partial charge < -0.3 is 9.14 Å². The fraction of sp³-hybridized carbons (Fsp3) is 0.333. The SMILES string of the molecule is CCOC(=O)c1cn2cc(N3CCN=N3)ccc2n1. The second-order valence-corrected chi connectivity index (χ2v) is 4.08. The number of anilines is 1. The van der Waals surface area contributed by atoms with Gasteiger partial charge in [-0.3, -0.25) is 0 Å². The highest BCUT2D eigenvalue weighted by Crippen LogP contribution is 2.19. The molecule has 7 nitrogen and oxygen atoms in total. The van der Waals surface area contributed by atoms with Crippen molar-refractivity contribution in [3.8, 4) is 0 Å². The number of hydrogen-bond donors (Lipinski definition) is 0. The van der Waals surface area contributed by atoms with Crippen LogP contribution in [-0.4, -0.2) is 35.1 Å². The van der Waals surface area contributed by atoms with E-state index in [1.807, 2.05) is 23.3 Å². The van der Waals surface area contributed by atoms with E-state index in [1.54, 1.807) is 17.5 Å². The Morgan fingerprint density at radius 3 is 3.05 bits per heavy atom. The summed E-state index contributed by atoms with van der Waals surface area (Å²) in [7, 11) is 0. The van der Waals surface area contributed by atoms with Crippen LogP contribution in [0.15, 0.2) is 34.9 Å². The lowest BCUT2D eigenvalue weighted by atomic mass is 10.4. The summed E-state index contributed by atoms with van der Waals surface area (Å²) in [6, 6.07) is 3.74. The van der Waals surface area contributed by atoms with Crippen molar-refractivity contribution in [1.82, 2.24) is 9.38 Å². The van der Waals surface area contributed by atoms with Crippen molar-refractivity contribution in [3.05, 3.63) is 30.2 Å². The minimum Gasteiger partial charge on any atom is -0.461 e. The van der Waals surface area contributed by atoms with E-state index in [-0.39, 0.29) is 0 Å². The van der Waals surface area contributed by atoms with Crippen molar-refractivity contribution in [2.45, 2.75) is 6.92 Å². The van der Waals surface area contributed by atoms with Gasteiger partial charge in [0, 0.05) is 12.4 Å². The summed E-state index contributed by atoms with van der Waals surface area (Å²) >= 11 is 0. The second-order valence-electron chi connectivity index (χ2n) is 4.08. The fourth-order valence-corrected chi connectivity index (χ4v) is 1.92. The van der Waals surface area contributed by atoms with E-state index in [4.69, 9.17) is 4.74 Å². The summed E-state index contributed by atoms with van der Waals surface area (Å²) < 4.78 is 6.72. The van der Waals surface area contributed by atoms with Gasteiger partial charge >= 0.3 is 5.97 Å². The van der Waals surface area contributed by atoms with Gasteiger partial charge in [-0.05, 0) is 19.1 Å². The van der Waals surface area contributed by atoms with Gasteiger partial charge in [0.25, 0.3) is 0 Å². The van der Waals surface area contributed by atoms with Gasteiger partial charge in [0.1, 0.15) is 5.65 Å². The average Bonchev–Trinajstić information content (AvgIpc) is 3.07. The van der Waals surface area contributed by atoms with Gasteiger partial charge in [0.05, 0.1) is 25.4 Å². The number of imidazole rings is 1. The quantitative estimate of drug-likeness (QED) is 0.786. The van der Waals surface area contributed by atoms with Crippen molar-refractivity contribution in [1.29, 1.82) is 0 Å². The molecule has 3 rings (SSSR count). The summed E-state index contributed by atoms with van der Waals surface area (Å²) in [5.74, 6) is -0.409. The molecule has 1 aliphatic heterocycles. The van der Waals surface area contributed by atoms with Crippen LogP contribution in [0.4, 0.5) is 5.69 Å². The first-order chi connectivity index (χ1) is 9.28. The van der Waals surface area contributed by atoms with Crippen molar-refractivity contribution in [2.75, 3.05) is 24.7 Å². The van der Waals surface area contributed by atoms with Crippen LogP contribution in [0.3, 0.4) is 0 Å². The minimum absolute atomic E-state index is 0.307. The molecule has 0 amide bonds. The van der Waals surface area contributed by atoms with Crippen LogP contribution < -0.4 is 5.01 Å². The van der Waals surface area contributed by atoms with Gasteiger partial charge in [0.15, 0.2) is 5.69 Å². The van der Waals surface area contributed by atoms with Crippen LogP contribution in [0.25, 0.3) is 5.65 Å². The Morgan fingerprint density at radius 1 is 1.42 bits per heavy atom. The van der Waals surface area contributed by atoms with Crippen molar-refractivity contribution in [3.63, 3.8) is 0 Å². The van der Waals surface area contributed by atoms with E-state index < -0.39 is 5.97 Å². The molecule has 1 aliphatic rings. The molecule has 0 saturated carbocycles. The first-order valence-electron chi connectivity index (χ1n) is 6.09. The zero-order valence-corrected chi connectivity index (χ0v) is 10.5. The lowest BCUT2D eigenvalue weighted by Gasteiger charge is -2.11. The smallest absolute Gasteiger partial charge is 0.358 e. The fourth-order valence-electron chi connectivity index (χ4n) is 1.92. The molecule has 7 heteroatoms. The predicted octanol–water partition coefficient (Wildman–Crippen LogP) is 1.70. The Balaban J connectivity index is 1.94. The number of aromatic nitrogens is 2. The molecule has 2 aromatic rings. The Bertz CT molecular complexity index is 649. The summed E-state index contributed by atoms with van der Waals surface area (Å²) in [6.45, 7) is 3.58. The molecule has 0 N–H and O–H groups in total. The van der Waals surface area contributed by atoms with Crippen LogP contribution in [0.1, 0.15) is 17.4 Å². The third-order valence-corrected chi connectivity index (χ3v) is 2.80. The Kier molecular flexibility index (Phi) is 2.86. The maximum absolute atomic E-state index is 11.6. The molecule has 0 bridgehead atoms. The first-order valence-corrected chi connectivity index (χ1v) is 6.09. The molecule has 0 aliphatic carbocycles. The van der Waals surface area contributed by atoms with Gasteiger partial charge in [0.2, 0.25) is 0 Å². The molecule has 3 heterocycles. The number of hydrogen-bond acceptors (Lipinski definition) is 6. The van der Waals surface area contributed by atoms with Crippen molar-refractivity contribution < 1.29 is 9.53 Å². The average molecular weight is 259 g/mol. The van der Waals surface area contributed by atoms with E-state index in [2.05, 4.69) is 15.3 Å². The van der Waals surface area contributed by atoms with Crippen LogP contribution in [0.5, 0.6) is 0 Å². The minimum atomic E-state index is -0.409. The van der Waals surface area contributed by atoms with E-state index in [0.29, 0.717) is 24.5 Å². The molecular formula is C12H13N5O2. The highest BCUT2D eigenvalue weighted by Gasteiger charge is 2.14. The Labute approximate surface area is 109 Å². The molecule has 0 atom stereocenters. The molecule has 98 valence electrons. The van der Waals surface area contributed by atoms with Gasteiger partial charge in [-0.2, -0.15) is 5.11 Å². The largest absolute Gasteiger partial charge is 0.461 e. The number of carbonyl (C=O) groups is 1. The van der Waals surface area contributed by atoms with E-state index in [0.717, 1.165) is 12.2 Å². The Morgan fingerprint density at radius 2 is 2.32 bits per heavy atom. The van der Waals surface area contributed by atoms with Crippen LogP contribution in [-0.2, 0) is 4.74 Å². The van der Waals surface area contributed by atoms with E-state index in [1.165, 1.54) is 0 Å². The van der Waals surface area contributed by atoms with Gasteiger partial charge in [-0.1, -0.05) is 5.22 Å². The molecule has 19 heavy (non-hydrogen) atoms. The maximum atomic E-state index is 11.6. The van der Waals surface area contributed by atoms with Gasteiger partial charge in [-0.15, -0.1) is 0 Å². The van der Waals surface area contributed by atoms with Crippen LogP contribution in [0.2, 0.25) is 0 Å².